The summed E-state index contributed by atoms with van der Waals surface area (Å²) in [6.45, 7) is -0.968. The van der Waals surface area contributed by atoms with E-state index in [2.05, 4.69) is 4.98 Å². The minimum atomic E-state index is -5.43. The number of carbonyl (C=O) groups is 1. The van der Waals surface area contributed by atoms with Crippen LogP contribution in [0.2, 0.25) is 0 Å². The lowest BCUT2D eigenvalue weighted by Crippen LogP contribution is -2.63. The molecule has 4 rings (SSSR count). The van der Waals surface area contributed by atoms with E-state index in [9.17, 15) is 31.6 Å². The van der Waals surface area contributed by atoms with E-state index >= 15 is 0 Å². The highest BCUT2D eigenvalue weighted by Crippen LogP contribution is 2.35. The Balaban J connectivity index is 1.59. The number of hydrogen-bond acceptors (Lipinski definition) is 5. The number of amides is 2. The van der Waals surface area contributed by atoms with Crippen LogP contribution in [0.1, 0.15) is 0 Å². The molecule has 0 aliphatic carbocycles. The second kappa shape index (κ2) is 6.57. The maximum Gasteiger partial charge on any atom is 0.511 e. The number of halogens is 3. The Kier molecular flexibility index (Phi) is 4.39. The molecule has 1 aromatic heterocycles. The van der Waals surface area contributed by atoms with Gasteiger partial charge in [-0.25, -0.2) is 13.2 Å². The normalized spacial score (nSPS) is 21.4. The van der Waals surface area contributed by atoms with Crippen LogP contribution in [-0.2, 0) is 10.0 Å². The van der Waals surface area contributed by atoms with Crippen molar-refractivity contribution in [1.29, 1.82) is 5.26 Å². The molecule has 0 radical (unpaired) electrons. The number of nitrogens with zero attached hydrogens (tertiary/aromatic N) is 5. The Morgan fingerprint density at radius 3 is 2.48 bits per heavy atom. The molecule has 0 bridgehead atoms. The predicted octanol–water partition coefficient (Wildman–Crippen LogP) is 1.90. The molecule has 0 saturated carbocycles. The molecule has 2 saturated heterocycles. The van der Waals surface area contributed by atoms with Crippen molar-refractivity contribution in [1.82, 2.24) is 14.2 Å². The molecule has 2 aliphatic heterocycles. The van der Waals surface area contributed by atoms with E-state index < -0.39 is 46.7 Å². The number of rotatable bonds is 3. The molecule has 12 heteroatoms. The highest BCUT2D eigenvalue weighted by atomic mass is 32.2. The van der Waals surface area contributed by atoms with Crippen LogP contribution in [0.25, 0.3) is 10.8 Å². The summed E-state index contributed by atoms with van der Waals surface area (Å²) in [6, 6.07) is 7.02. The van der Waals surface area contributed by atoms with Gasteiger partial charge in [0.1, 0.15) is 6.04 Å². The number of benzene rings is 1. The van der Waals surface area contributed by atoms with Crippen LogP contribution in [-0.4, -0.2) is 65.9 Å². The lowest BCUT2D eigenvalue weighted by molar-refractivity contribution is -0.0526. The summed E-state index contributed by atoms with van der Waals surface area (Å²) in [7, 11) is -5.43. The maximum absolute atomic E-state index is 13.0. The Morgan fingerprint density at radius 1 is 1.14 bits per heavy atom. The van der Waals surface area contributed by atoms with Crippen molar-refractivity contribution in [3.63, 3.8) is 0 Å². The third kappa shape index (κ3) is 2.97. The zero-order valence-corrected chi connectivity index (χ0v) is 15.6. The lowest BCUT2D eigenvalue weighted by atomic mass is 10.1. The quantitative estimate of drug-likeness (QED) is 0.748. The second-order valence-corrected chi connectivity index (χ2v) is 8.68. The van der Waals surface area contributed by atoms with Gasteiger partial charge in [-0.1, -0.05) is 24.3 Å². The number of pyridine rings is 1. The zero-order chi connectivity index (χ0) is 21.0. The zero-order valence-electron chi connectivity index (χ0n) is 14.7. The van der Waals surface area contributed by atoms with Crippen LogP contribution in [0.4, 0.5) is 23.7 Å². The van der Waals surface area contributed by atoms with E-state index in [1.165, 1.54) is 16.0 Å². The van der Waals surface area contributed by atoms with Crippen molar-refractivity contribution in [3.8, 4) is 6.07 Å². The third-order valence-corrected chi connectivity index (χ3v) is 6.65. The van der Waals surface area contributed by atoms with Crippen molar-refractivity contribution < 1.29 is 26.4 Å². The number of alkyl halides is 3. The Labute approximate surface area is 163 Å². The summed E-state index contributed by atoms with van der Waals surface area (Å²) in [5.41, 5.74) is -4.97. The molecule has 29 heavy (non-hydrogen) atoms. The summed E-state index contributed by atoms with van der Waals surface area (Å²) in [5, 5.41) is 11.0. The van der Waals surface area contributed by atoms with Gasteiger partial charge in [0.25, 0.3) is 0 Å². The largest absolute Gasteiger partial charge is 0.511 e. The summed E-state index contributed by atoms with van der Waals surface area (Å²) in [5.74, 6) is 0. The molecule has 2 aromatic rings. The average Bonchev–Trinajstić information content (AvgIpc) is 2.95. The topological polar surface area (TPSA) is 97.6 Å². The number of urea groups is 1. The van der Waals surface area contributed by atoms with Crippen LogP contribution in [0, 0.1) is 11.3 Å². The van der Waals surface area contributed by atoms with E-state index in [0.29, 0.717) is 11.1 Å². The fourth-order valence-electron chi connectivity index (χ4n) is 3.54. The first-order chi connectivity index (χ1) is 13.6. The summed E-state index contributed by atoms with van der Waals surface area (Å²) >= 11 is 0. The molecule has 8 nitrogen and oxygen atoms in total. The van der Waals surface area contributed by atoms with Crippen molar-refractivity contribution in [3.05, 3.63) is 36.7 Å². The van der Waals surface area contributed by atoms with Gasteiger partial charge in [0.05, 0.1) is 30.5 Å². The molecule has 2 amide bonds. The average molecular weight is 425 g/mol. The molecule has 1 aromatic carbocycles. The maximum atomic E-state index is 13.0. The molecule has 1 atom stereocenters. The molecule has 152 valence electrons. The fourth-order valence-corrected chi connectivity index (χ4v) is 4.57. The van der Waals surface area contributed by atoms with Crippen LogP contribution in [0.15, 0.2) is 36.7 Å². The van der Waals surface area contributed by atoms with Gasteiger partial charge < -0.3 is 4.90 Å². The van der Waals surface area contributed by atoms with E-state index in [-0.39, 0.29) is 10.8 Å². The van der Waals surface area contributed by atoms with Gasteiger partial charge in [-0.2, -0.15) is 22.7 Å². The monoisotopic (exact) mass is 425 g/mol. The number of anilines is 1. The minimum absolute atomic E-state index is 0.0386. The van der Waals surface area contributed by atoms with Crippen LogP contribution < -0.4 is 4.90 Å². The molecular weight excluding hydrogens is 411 g/mol. The smallest absolute Gasteiger partial charge is 0.315 e. The first-order valence-corrected chi connectivity index (χ1v) is 9.98. The summed E-state index contributed by atoms with van der Waals surface area (Å²) in [6.07, 6.45) is 3.07. The third-order valence-electron chi connectivity index (χ3n) is 5.09. The predicted molar refractivity (Wildman–Crippen MR) is 96.1 cm³/mol. The van der Waals surface area contributed by atoms with Gasteiger partial charge in [-0.15, -0.1) is 0 Å². The Morgan fingerprint density at radius 2 is 1.83 bits per heavy atom. The van der Waals surface area contributed by atoms with Gasteiger partial charge in [-0.05, 0) is 0 Å². The number of sulfonamides is 1. The van der Waals surface area contributed by atoms with Gasteiger partial charge >= 0.3 is 21.6 Å². The van der Waals surface area contributed by atoms with Crippen molar-refractivity contribution in [2.45, 2.75) is 17.6 Å². The summed E-state index contributed by atoms with van der Waals surface area (Å²) in [4.78, 5) is 19.6. The van der Waals surface area contributed by atoms with E-state index in [1.807, 2.05) is 6.07 Å². The van der Waals surface area contributed by atoms with Crippen molar-refractivity contribution in [2.24, 2.45) is 0 Å². The molecule has 0 N–H and O–H groups in total. The standard InChI is InChI=1S/C17H14F3N5O3S/c18-17(19,20)29(27,28)23-8-13(9-23)24-10-12(5-21)25(16(24)26)15-7-22-6-11-3-1-2-4-14(11)15/h1-4,6-7,12-13H,8-10H2. The molecule has 2 aliphatic rings. The highest BCUT2D eigenvalue weighted by Gasteiger charge is 2.56. The van der Waals surface area contributed by atoms with Crippen LogP contribution in [0.3, 0.4) is 0 Å². The first-order valence-electron chi connectivity index (χ1n) is 8.54. The van der Waals surface area contributed by atoms with Gasteiger partial charge in [0.2, 0.25) is 0 Å². The van der Waals surface area contributed by atoms with Gasteiger partial charge in [0.15, 0.2) is 0 Å². The van der Waals surface area contributed by atoms with Crippen LogP contribution in [0.5, 0.6) is 0 Å². The highest BCUT2D eigenvalue weighted by molar-refractivity contribution is 7.90. The number of hydrogen-bond donors (Lipinski definition) is 0. The summed E-state index contributed by atoms with van der Waals surface area (Å²) < 4.78 is 61.2. The molecule has 1 unspecified atom stereocenters. The SMILES string of the molecule is N#CC1CN(C2CN(S(=O)(=O)C(F)(F)F)C2)C(=O)N1c1cncc2ccccc12. The van der Waals surface area contributed by atoms with E-state index in [1.54, 1.807) is 30.5 Å². The van der Waals surface area contributed by atoms with E-state index in [4.69, 9.17) is 0 Å². The van der Waals surface area contributed by atoms with Gasteiger partial charge in [-0.3, -0.25) is 9.88 Å². The van der Waals surface area contributed by atoms with E-state index in [0.717, 1.165) is 5.39 Å². The number of carbonyl (C=O) groups excluding carboxylic acids is 1. The van der Waals surface area contributed by atoms with Crippen molar-refractivity contribution in [2.75, 3.05) is 24.5 Å². The van der Waals surface area contributed by atoms with Crippen molar-refractivity contribution >= 4 is 32.5 Å². The number of fused-ring (bicyclic) bond motifs is 1. The van der Waals surface area contributed by atoms with Crippen LogP contribution >= 0.6 is 0 Å². The number of nitriles is 1. The Hall–Kier alpha value is -2.91. The minimum Gasteiger partial charge on any atom is -0.315 e. The molecular formula is C17H14F3N5O3S. The lowest BCUT2D eigenvalue weighted by Gasteiger charge is -2.42. The fraction of sp³-hybridized carbons (Fsp3) is 0.353. The molecule has 3 heterocycles. The second-order valence-electron chi connectivity index (χ2n) is 6.75. The molecule has 2 fully saturated rings. The van der Waals surface area contributed by atoms with Gasteiger partial charge in [0, 0.05) is 30.1 Å². The first kappa shape index (κ1) is 19.4. The molecule has 0 spiro atoms. The Bertz CT molecular complexity index is 1120. The number of aromatic nitrogens is 1.